The normalized spacial score (nSPS) is 19.6. The SMILES string of the molecule is CCCCCc1cc(C2CCCCC2)c(C(=O)O)c(C2CCCCC2)c1. The number of rotatable bonds is 7. The Morgan fingerprint density at radius 2 is 1.38 bits per heavy atom. The van der Waals surface area contributed by atoms with Crippen molar-refractivity contribution in [1.82, 2.24) is 0 Å². The Balaban J connectivity index is 2.00. The minimum atomic E-state index is -0.689. The van der Waals surface area contributed by atoms with Gasteiger partial charge in [0.15, 0.2) is 0 Å². The molecule has 2 heteroatoms. The molecule has 2 nitrogen and oxygen atoms in total. The second kappa shape index (κ2) is 9.58. The van der Waals surface area contributed by atoms with Crippen molar-refractivity contribution in [3.8, 4) is 0 Å². The predicted molar refractivity (Wildman–Crippen MR) is 108 cm³/mol. The second-order valence-corrected chi connectivity index (χ2v) is 8.58. The molecule has 0 radical (unpaired) electrons. The van der Waals surface area contributed by atoms with Gasteiger partial charge in [-0.2, -0.15) is 0 Å². The van der Waals surface area contributed by atoms with Gasteiger partial charge in [-0.15, -0.1) is 0 Å². The van der Waals surface area contributed by atoms with E-state index in [1.54, 1.807) is 0 Å². The summed E-state index contributed by atoms with van der Waals surface area (Å²) in [6.07, 6.45) is 17.1. The number of carbonyl (C=O) groups is 1. The van der Waals surface area contributed by atoms with Crippen LogP contribution in [-0.2, 0) is 6.42 Å². The van der Waals surface area contributed by atoms with Crippen molar-refractivity contribution in [2.24, 2.45) is 0 Å². The average Bonchev–Trinajstić information content (AvgIpc) is 2.68. The highest BCUT2D eigenvalue weighted by molar-refractivity contribution is 5.92. The Labute approximate surface area is 159 Å². The molecule has 2 aliphatic rings. The van der Waals surface area contributed by atoms with E-state index in [1.807, 2.05) is 0 Å². The summed E-state index contributed by atoms with van der Waals surface area (Å²) >= 11 is 0. The van der Waals surface area contributed by atoms with Gasteiger partial charge in [-0.3, -0.25) is 0 Å². The minimum absolute atomic E-state index is 0.461. The van der Waals surface area contributed by atoms with Crippen molar-refractivity contribution < 1.29 is 9.90 Å². The molecule has 26 heavy (non-hydrogen) atoms. The molecule has 2 aliphatic carbocycles. The maximum absolute atomic E-state index is 12.3. The zero-order chi connectivity index (χ0) is 18.4. The molecule has 0 spiro atoms. The summed E-state index contributed by atoms with van der Waals surface area (Å²) in [4.78, 5) is 12.3. The molecule has 0 aliphatic heterocycles. The van der Waals surface area contributed by atoms with Crippen LogP contribution in [0.5, 0.6) is 0 Å². The minimum Gasteiger partial charge on any atom is -0.478 e. The fourth-order valence-electron chi connectivity index (χ4n) is 5.19. The quantitative estimate of drug-likeness (QED) is 0.524. The van der Waals surface area contributed by atoms with Crippen molar-refractivity contribution in [1.29, 1.82) is 0 Å². The number of hydrogen-bond acceptors (Lipinski definition) is 1. The van der Waals surface area contributed by atoms with Crippen molar-refractivity contribution >= 4 is 5.97 Å². The largest absolute Gasteiger partial charge is 0.478 e. The van der Waals surface area contributed by atoms with Gasteiger partial charge in [0.1, 0.15) is 0 Å². The molecule has 0 unspecified atom stereocenters. The topological polar surface area (TPSA) is 37.3 Å². The number of carboxylic acids is 1. The van der Waals surface area contributed by atoms with Crippen LogP contribution in [0.15, 0.2) is 12.1 Å². The number of benzene rings is 1. The summed E-state index contributed by atoms with van der Waals surface area (Å²) in [6, 6.07) is 4.56. The summed E-state index contributed by atoms with van der Waals surface area (Å²) < 4.78 is 0. The molecule has 0 atom stereocenters. The van der Waals surface area contributed by atoms with E-state index in [0.717, 1.165) is 6.42 Å². The summed E-state index contributed by atoms with van der Waals surface area (Å²) in [6.45, 7) is 2.24. The van der Waals surface area contributed by atoms with Crippen LogP contribution in [0.2, 0.25) is 0 Å². The van der Waals surface area contributed by atoms with Crippen LogP contribution in [0.1, 0.15) is 129 Å². The molecule has 0 heterocycles. The van der Waals surface area contributed by atoms with E-state index in [9.17, 15) is 9.90 Å². The van der Waals surface area contributed by atoms with Crippen molar-refractivity contribution in [2.45, 2.75) is 109 Å². The molecule has 0 bridgehead atoms. The van der Waals surface area contributed by atoms with Gasteiger partial charge >= 0.3 is 5.97 Å². The molecular formula is C24H36O2. The monoisotopic (exact) mass is 356 g/mol. The Morgan fingerprint density at radius 3 is 1.81 bits per heavy atom. The highest BCUT2D eigenvalue weighted by Gasteiger charge is 2.28. The first-order valence-electron chi connectivity index (χ1n) is 11.1. The third-order valence-electron chi connectivity index (χ3n) is 6.63. The van der Waals surface area contributed by atoms with Gasteiger partial charge in [0.25, 0.3) is 0 Å². The number of unbranched alkanes of at least 4 members (excludes halogenated alkanes) is 2. The van der Waals surface area contributed by atoms with Gasteiger partial charge in [0, 0.05) is 0 Å². The Morgan fingerprint density at radius 1 is 0.885 bits per heavy atom. The Kier molecular flexibility index (Phi) is 7.16. The summed E-state index contributed by atoms with van der Waals surface area (Å²) in [5.41, 5.74) is 4.42. The van der Waals surface area contributed by atoms with Crippen molar-refractivity contribution in [2.75, 3.05) is 0 Å². The Hall–Kier alpha value is -1.31. The molecule has 144 valence electrons. The van der Waals surface area contributed by atoms with Gasteiger partial charge in [-0.1, -0.05) is 70.4 Å². The van der Waals surface area contributed by atoms with Crippen LogP contribution in [0.4, 0.5) is 0 Å². The van der Waals surface area contributed by atoms with Gasteiger partial charge < -0.3 is 5.11 Å². The summed E-state index contributed by atoms with van der Waals surface area (Å²) in [7, 11) is 0. The molecular weight excluding hydrogens is 320 g/mol. The van der Waals surface area contributed by atoms with Crippen LogP contribution >= 0.6 is 0 Å². The lowest BCUT2D eigenvalue weighted by molar-refractivity contribution is 0.0692. The molecule has 3 rings (SSSR count). The van der Waals surface area contributed by atoms with Crippen LogP contribution < -0.4 is 0 Å². The van der Waals surface area contributed by atoms with E-state index in [-0.39, 0.29) is 0 Å². The summed E-state index contributed by atoms with van der Waals surface area (Å²) in [5.74, 6) is 0.234. The van der Waals surface area contributed by atoms with Gasteiger partial charge in [-0.05, 0) is 67.1 Å². The number of aryl methyl sites for hydroxylation is 1. The molecule has 1 aromatic rings. The zero-order valence-corrected chi connectivity index (χ0v) is 16.6. The first-order chi connectivity index (χ1) is 12.7. The lowest BCUT2D eigenvalue weighted by atomic mass is 9.75. The molecule has 1 N–H and O–H groups in total. The lowest BCUT2D eigenvalue weighted by Crippen LogP contribution is -2.17. The highest BCUT2D eigenvalue weighted by atomic mass is 16.4. The van der Waals surface area contributed by atoms with Crippen LogP contribution in [0.3, 0.4) is 0 Å². The van der Waals surface area contributed by atoms with E-state index >= 15 is 0 Å². The Bertz CT molecular complexity index is 553. The van der Waals surface area contributed by atoms with E-state index in [2.05, 4.69) is 19.1 Å². The zero-order valence-electron chi connectivity index (χ0n) is 16.6. The lowest BCUT2D eigenvalue weighted by Gasteiger charge is -2.29. The number of hydrogen-bond donors (Lipinski definition) is 1. The van der Waals surface area contributed by atoms with E-state index in [4.69, 9.17) is 0 Å². The molecule has 2 fully saturated rings. The standard InChI is InChI=1S/C24H36O2/c1-2-3-6-11-18-16-21(19-12-7-4-8-13-19)23(24(25)26)22(17-18)20-14-9-5-10-15-20/h16-17,19-20H,2-15H2,1H3,(H,25,26). The first kappa shape index (κ1) is 19.5. The van der Waals surface area contributed by atoms with E-state index in [0.29, 0.717) is 17.4 Å². The number of aromatic carboxylic acids is 1. The molecule has 0 saturated heterocycles. The van der Waals surface area contributed by atoms with Gasteiger partial charge in [0.05, 0.1) is 5.56 Å². The summed E-state index contributed by atoms with van der Waals surface area (Å²) in [5, 5.41) is 10.1. The van der Waals surface area contributed by atoms with Crippen LogP contribution in [-0.4, -0.2) is 11.1 Å². The maximum atomic E-state index is 12.3. The fourth-order valence-corrected chi connectivity index (χ4v) is 5.19. The second-order valence-electron chi connectivity index (χ2n) is 8.58. The third kappa shape index (κ3) is 4.69. The molecule has 2 saturated carbocycles. The van der Waals surface area contributed by atoms with E-state index in [1.165, 1.54) is 100 Å². The van der Waals surface area contributed by atoms with Gasteiger partial charge in [-0.25, -0.2) is 4.79 Å². The number of carboxylic acid groups (broad SMARTS) is 1. The van der Waals surface area contributed by atoms with Crippen molar-refractivity contribution in [3.05, 3.63) is 34.4 Å². The first-order valence-corrected chi connectivity index (χ1v) is 11.1. The fraction of sp³-hybridized carbons (Fsp3) is 0.708. The van der Waals surface area contributed by atoms with Crippen molar-refractivity contribution in [3.63, 3.8) is 0 Å². The van der Waals surface area contributed by atoms with Crippen LogP contribution in [0, 0.1) is 0 Å². The average molecular weight is 357 g/mol. The highest BCUT2D eigenvalue weighted by Crippen LogP contribution is 2.41. The maximum Gasteiger partial charge on any atom is 0.336 e. The van der Waals surface area contributed by atoms with Gasteiger partial charge in [0.2, 0.25) is 0 Å². The third-order valence-corrected chi connectivity index (χ3v) is 6.63. The molecule has 1 aromatic carbocycles. The van der Waals surface area contributed by atoms with Crippen LogP contribution in [0.25, 0.3) is 0 Å². The smallest absolute Gasteiger partial charge is 0.336 e. The molecule has 0 aromatic heterocycles. The van der Waals surface area contributed by atoms with E-state index < -0.39 is 5.97 Å². The predicted octanol–water partition coefficient (Wildman–Crippen LogP) is 7.21. The molecule has 0 amide bonds.